The number of ether oxygens (including phenoxy) is 2. The molecule has 0 unspecified atom stereocenters. The maximum Gasteiger partial charge on any atom is 0.308 e. The zero-order chi connectivity index (χ0) is 19.5. The van der Waals surface area contributed by atoms with E-state index >= 15 is 0 Å². The first-order valence-electron chi connectivity index (χ1n) is 9.36. The van der Waals surface area contributed by atoms with Gasteiger partial charge in [-0.15, -0.1) is 0 Å². The summed E-state index contributed by atoms with van der Waals surface area (Å²) in [4.78, 5) is 30.7. The number of hydrogen-bond acceptors (Lipinski definition) is 5. The second kappa shape index (κ2) is 8.08. The molecular formula is C21H22N2O5. The molecule has 0 aliphatic carbocycles. The monoisotopic (exact) mass is 382 g/mol. The van der Waals surface area contributed by atoms with E-state index in [1.54, 1.807) is 17.2 Å². The van der Waals surface area contributed by atoms with Gasteiger partial charge in [0.2, 0.25) is 0 Å². The summed E-state index contributed by atoms with van der Waals surface area (Å²) in [5.74, 6) is -1.83. The smallest absolute Gasteiger partial charge is 0.308 e. The molecule has 3 heterocycles. The number of rotatable bonds is 5. The van der Waals surface area contributed by atoms with E-state index in [1.165, 1.54) is 6.20 Å². The second-order valence-corrected chi connectivity index (χ2v) is 7.14. The van der Waals surface area contributed by atoms with E-state index in [9.17, 15) is 14.7 Å². The van der Waals surface area contributed by atoms with Gasteiger partial charge in [-0.1, -0.05) is 30.3 Å². The van der Waals surface area contributed by atoms with Gasteiger partial charge >= 0.3 is 5.97 Å². The van der Waals surface area contributed by atoms with E-state index in [4.69, 9.17) is 9.47 Å². The molecule has 1 aromatic carbocycles. The van der Waals surface area contributed by atoms with Gasteiger partial charge in [0.1, 0.15) is 0 Å². The first-order valence-corrected chi connectivity index (χ1v) is 9.36. The normalized spacial score (nSPS) is 22.5. The Hall–Kier alpha value is -2.77. The Bertz CT molecular complexity index is 851. The van der Waals surface area contributed by atoms with Gasteiger partial charge in [0.25, 0.3) is 5.91 Å². The molecule has 2 saturated heterocycles. The van der Waals surface area contributed by atoms with Crippen molar-refractivity contribution in [2.24, 2.45) is 11.8 Å². The standard InChI is InChI=1S/C21H22N2O5/c24-19(17-11-22-7-6-16(17)21-27-8-9-28-21)23-12-15(18(13-23)20(25)26)10-14-4-2-1-3-5-14/h1-7,11,15,18,21H,8-10,12-13H2,(H,25,26)/t15-,18-/m1/s1. The van der Waals surface area contributed by atoms with Crippen LogP contribution >= 0.6 is 0 Å². The molecule has 28 heavy (non-hydrogen) atoms. The Morgan fingerprint density at radius 2 is 1.86 bits per heavy atom. The number of benzene rings is 1. The SMILES string of the molecule is O=C(O)[C@@H]1CN(C(=O)c2cnccc2C2OCCO2)C[C@H]1Cc1ccccc1. The minimum absolute atomic E-state index is 0.136. The number of aromatic nitrogens is 1. The molecule has 146 valence electrons. The van der Waals surface area contributed by atoms with Crippen molar-refractivity contribution in [1.29, 1.82) is 0 Å². The average molecular weight is 382 g/mol. The molecule has 2 atom stereocenters. The Kier molecular flexibility index (Phi) is 5.36. The van der Waals surface area contributed by atoms with Gasteiger partial charge in [-0.05, 0) is 24.0 Å². The third kappa shape index (κ3) is 3.76. The average Bonchev–Trinajstić information content (AvgIpc) is 3.38. The minimum atomic E-state index is -0.870. The molecule has 7 heteroatoms. The van der Waals surface area contributed by atoms with Crippen molar-refractivity contribution in [1.82, 2.24) is 9.88 Å². The first kappa shape index (κ1) is 18.6. The number of carboxylic acids is 1. The zero-order valence-electron chi connectivity index (χ0n) is 15.4. The fourth-order valence-corrected chi connectivity index (χ4v) is 3.94. The predicted octanol–water partition coefficient (Wildman–Crippen LogP) is 2.14. The number of carboxylic acid groups (broad SMARTS) is 1. The highest BCUT2D eigenvalue weighted by Gasteiger charge is 2.40. The van der Waals surface area contributed by atoms with Crippen molar-refractivity contribution < 1.29 is 24.2 Å². The maximum absolute atomic E-state index is 13.2. The fraction of sp³-hybridized carbons (Fsp3) is 0.381. The molecule has 1 N–H and O–H groups in total. The Labute approximate surface area is 162 Å². The van der Waals surface area contributed by atoms with E-state index in [0.29, 0.717) is 37.3 Å². The van der Waals surface area contributed by atoms with Gasteiger partial charge < -0.3 is 19.5 Å². The van der Waals surface area contributed by atoms with E-state index in [2.05, 4.69) is 4.98 Å². The summed E-state index contributed by atoms with van der Waals surface area (Å²) in [6.45, 7) is 1.53. The highest BCUT2D eigenvalue weighted by molar-refractivity contribution is 5.96. The quantitative estimate of drug-likeness (QED) is 0.852. The van der Waals surface area contributed by atoms with Crippen LogP contribution in [0.2, 0.25) is 0 Å². The number of aliphatic carboxylic acids is 1. The first-order chi connectivity index (χ1) is 13.6. The van der Waals surface area contributed by atoms with Crippen LogP contribution < -0.4 is 0 Å². The predicted molar refractivity (Wildman–Crippen MR) is 99.5 cm³/mol. The van der Waals surface area contributed by atoms with Crippen molar-refractivity contribution in [2.75, 3.05) is 26.3 Å². The molecule has 1 aromatic heterocycles. The largest absolute Gasteiger partial charge is 0.481 e. The Balaban J connectivity index is 1.54. The van der Waals surface area contributed by atoms with Crippen LogP contribution in [-0.4, -0.2) is 53.2 Å². The molecule has 0 bridgehead atoms. The number of nitrogens with zero attached hydrogens (tertiary/aromatic N) is 2. The number of carbonyl (C=O) groups excluding carboxylic acids is 1. The number of hydrogen-bond donors (Lipinski definition) is 1. The number of carbonyl (C=O) groups is 2. The molecule has 2 fully saturated rings. The van der Waals surface area contributed by atoms with Crippen LogP contribution in [0.3, 0.4) is 0 Å². The zero-order valence-corrected chi connectivity index (χ0v) is 15.4. The van der Waals surface area contributed by atoms with Gasteiger partial charge in [-0.2, -0.15) is 0 Å². The lowest BCUT2D eigenvalue weighted by Gasteiger charge is -2.20. The lowest BCUT2D eigenvalue weighted by atomic mass is 9.90. The van der Waals surface area contributed by atoms with Crippen LogP contribution in [0.4, 0.5) is 0 Å². The Morgan fingerprint density at radius 1 is 1.11 bits per heavy atom. The summed E-state index contributed by atoms with van der Waals surface area (Å²) in [5.41, 5.74) is 2.11. The highest BCUT2D eigenvalue weighted by Crippen LogP contribution is 2.31. The van der Waals surface area contributed by atoms with Gasteiger partial charge in [-0.3, -0.25) is 14.6 Å². The van der Waals surface area contributed by atoms with Crippen LogP contribution in [0.25, 0.3) is 0 Å². The summed E-state index contributed by atoms with van der Waals surface area (Å²) in [6, 6.07) is 11.5. The molecule has 2 aliphatic heterocycles. The van der Waals surface area contributed by atoms with Crippen molar-refractivity contribution in [3.05, 3.63) is 65.5 Å². The molecule has 0 spiro atoms. The van der Waals surface area contributed by atoms with Crippen LogP contribution in [-0.2, 0) is 20.7 Å². The highest BCUT2D eigenvalue weighted by atomic mass is 16.7. The van der Waals surface area contributed by atoms with E-state index < -0.39 is 18.2 Å². The van der Waals surface area contributed by atoms with Crippen molar-refractivity contribution in [3.63, 3.8) is 0 Å². The summed E-state index contributed by atoms with van der Waals surface area (Å²) in [5, 5.41) is 9.67. The molecule has 7 nitrogen and oxygen atoms in total. The fourth-order valence-electron chi connectivity index (χ4n) is 3.94. The van der Waals surface area contributed by atoms with Crippen molar-refractivity contribution in [2.45, 2.75) is 12.7 Å². The van der Waals surface area contributed by atoms with Crippen LogP contribution in [0.1, 0.15) is 27.8 Å². The van der Waals surface area contributed by atoms with E-state index in [0.717, 1.165) is 5.56 Å². The summed E-state index contributed by atoms with van der Waals surface area (Å²) < 4.78 is 11.1. The summed E-state index contributed by atoms with van der Waals surface area (Å²) >= 11 is 0. The van der Waals surface area contributed by atoms with E-state index in [-0.39, 0.29) is 18.4 Å². The third-order valence-electron chi connectivity index (χ3n) is 5.35. The van der Waals surface area contributed by atoms with E-state index in [1.807, 2.05) is 30.3 Å². The van der Waals surface area contributed by atoms with Gasteiger partial charge in [0, 0.05) is 31.0 Å². The topological polar surface area (TPSA) is 89.0 Å². The molecule has 0 radical (unpaired) electrons. The Morgan fingerprint density at radius 3 is 2.57 bits per heavy atom. The van der Waals surface area contributed by atoms with Gasteiger partial charge in [0.05, 0.1) is 24.7 Å². The van der Waals surface area contributed by atoms with Gasteiger partial charge in [-0.25, -0.2) is 0 Å². The molecule has 2 aliphatic rings. The second-order valence-electron chi connectivity index (χ2n) is 7.14. The number of amides is 1. The summed E-state index contributed by atoms with van der Waals surface area (Å²) in [6.07, 6.45) is 3.14. The molecule has 0 saturated carbocycles. The molecular weight excluding hydrogens is 360 g/mol. The molecule has 1 amide bonds. The van der Waals surface area contributed by atoms with Gasteiger partial charge in [0.15, 0.2) is 6.29 Å². The third-order valence-corrected chi connectivity index (χ3v) is 5.35. The number of pyridine rings is 1. The van der Waals surface area contributed by atoms with Crippen molar-refractivity contribution in [3.8, 4) is 0 Å². The molecule has 2 aromatic rings. The lowest BCUT2D eigenvalue weighted by Crippen LogP contribution is -2.31. The van der Waals surface area contributed by atoms with Crippen molar-refractivity contribution >= 4 is 11.9 Å². The molecule has 4 rings (SSSR count). The maximum atomic E-state index is 13.2. The summed E-state index contributed by atoms with van der Waals surface area (Å²) in [7, 11) is 0. The minimum Gasteiger partial charge on any atom is -0.481 e. The number of likely N-dealkylation sites (tertiary alicyclic amines) is 1. The lowest BCUT2D eigenvalue weighted by molar-refractivity contribution is -0.142. The van der Waals surface area contributed by atoms with Crippen LogP contribution in [0.15, 0.2) is 48.8 Å². The van der Waals surface area contributed by atoms with Crippen LogP contribution in [0.5, 0.6) is 0 Å². The van der Waals surface area contributed by atoms with Crippen LogP contribution in [0, 0.1) is 11.8 Å².